The van der Waals surface area contributed by atoms with Gasteiger partial charge in [-0.1, -0.05) is 43.3 Å². The molecule has 2 N–H and O–H groups in total. The molecule has 1 aromatic heterocycles. The van der Waals surface area contributed by atoms with Gasteiger partial charge in [0.2, 0.25) is 0 Å². The van der Waals surface area contributed by atoms with Crippen LogP contribution in [-0.2, 0) is 0 Å². The molecule has 0 saturated carbocycles. The van der Waals surface area contributed by atoms with E-state index in [1.807, 2.05) is 18.3 Å². The van der Waals surface area contributed by atoms with E-state index in [2.05, 4.69) is 58.8 Å². The normalized spacial score (nSPS) is 12.4. The highest BCUT2D eigenvalue weighted by molar-refractivity contribution is 5.90. The molecule has 0 aliphatic heterocycles. The van der Waals surface area contributed by atoms with E-state index in [0.717, 1.165) is 29.6 Å². The van der Waals surface area contributed by atoms with E-state index < -0.39 is 0 Å². The van der Waals surface area contributed by atoms with Crippen LogP contribution in [0.15, 0.2) is 54.7 Å². The van der Waals surface area contributed by atoms with Crippen molar-refractivity contribution < 1.29 is 0 Å². The molecule has 2 aromatic carbocycles. The average Bonchev–Trinajstić information content (AvgIpc) is 2.97. The topological polar surface area (TPSA) is 40.7 Å². The Morgan fingerprint density at radius 1 is 1.10 bits per heavy atom. The van der Waals surface area contributed by atoms with Gasteiger partial charge in [0.15, 0.2) is 0 Å². The summed E-state index contributed by atoms with van der Waals surface area (Å²) in [6.07, 6.45) is 2.98. The summed E-state index contributed by atoms with van der Waals surface area (Å²) in [6, 6.07) is 16.8. The predicted molar refractivity (Wildman–Crippen MR) is 84.1 cm³/mol. The Morgan fingerprint density at radius 3 is 2.80 bits per heavy atom. The molecule has 1 heterocycles. The molecule has 3 rings (SSSR count). The van der Waals surface area contributed by atoms with Crippen LogP contribution < -0.4 is 5.32 Å². The first-order valence-electron chi connectivity index (χ1n) is 7.05. The molecule has 0 spiro atoms. The number of aromatic amines is 1. The van der Waals surface area contributed by atoms with Crippen molar-refractivity contribution >= 4 is 16.6 Å². The first-order chi connectivity index (χ1) is 9.84. The van der Waals surface area contributed by atoms with Gasteiger partial charge in [-0.3, -0.25) is 5.10 Å². The van der Waals surface area contributed by atoms with Gasteiger partial charge in [-0.05, 0) is 30.0 Å². The van der Waals surface area contributed by atoms with Gasteiger partial charge < -0.3 is 5.32 Å². The number of benzene rings is 2. The van der Waals surface area contributed by atoms with Gasteiger partial charge in [0.05, 0.1) is 11.7 Å². The SMILES string of the molecule is CC(CCNc1cccc2[nH]ncc12)c1ccccc1. The van der Waals surface area contributed by atoms with Gasteiger partial charge in [-0.15, -0.1) is 0 Å². The highest BCUT2D eigenvalue weighted by atomic mass is 15.1. The quantitative estimate of drug-likeness (QED) is 0.727. The average molecular weight is 265 g/mol. The van der Waals surface area contributed by atoms with Crippen molar-refractivity contribution in [2.45, 2.75) is 19.3 Å². The van der Waals surface area contributed by atoms with Gasteiger partial charge in [-0.2, -0.15) is 5.10 Å². The molecule has 0 amide bonds. The number of hydrogen-bond acceptors (Lipinski definition) is 2. The molecule has 1 atom stereocenters. The van der Waals surface area contributed by atoms with Crippen molar-refractivity contribution in [2.75, 3.05) is 11.9 Å². The van der Waals surface area contributed by atoms with E-state index in [4.69, 9.17) is 0 Å². The summed E-state index contributed by atoms with van der Waals surface area (Å²) in [6.45, 7) is 3.23. The van der Waals surface area contributed by atoms with Crippen LogP contribution in [0.2, 0.25) is 0 Å². The first kappa shape index (κ1) is 12.7. The monoisotopic (exact) mass is 265 g/mol. The number of nitrogens with one attached hydrogen (secondary N) is 2. The van der Waals surface area contributed by atoms with Crippen molar-refractivity contribution in [2.24, 2.45) is 0 Å². The van der Waals surface area contributed by atoms with Crippen LogP contribution in [0.4, 0.5) is 5.69 Å². The maximum absolute atomic E-state index is 4.09. The zero-order valence-electron chi connectivity index (χ0n) is 11.6. The molecule has 20 heavy (non-hydrogen) atoms. The highest BCUT2D eigenvalue weighted by Crippen LogP contribution is 2.22. The number of anilines is 1. The lowest BCUT2D eigenvalue weighted by Crippen LogP contribution is -2.06. The van der Waals surface area contributed by atoms with Crippen molar-refractivity contribution in [3.05, 3.63) is 60.3 Å². The van der Waals surface area contributed by atoms with Crippen molar-refractivity contribution in [1.29, 1.82) is 0 Å². The molecule has 0 bridgehead atoms. The second-order valence-electron chi connectivity index (χ2n) is 5.16. The fourth-order valence-corrected chi connectivity index (χ4v) is 2.49. The summed E-state index contributed by atoms with van der Waals surface area (Å²) in [5.41, 5.74) is 3.62. The van der Waals surface area contributed by atoms with Gasteiger partial charge in [0.25, 0.3) is 0 Å². The zero-order chi connectivity index (χ0) is 13.8. The van der Waals surface area contributed by atoms with E-state index >= 15 is 0 Å². The number of rotatable bonds is 5. The summed E-state index contributed by atoms with van der Waals surface area (Å²) < 4.78 is 0. The van der Waals surface area contributed by atoms with Crippen LogP contribution in [0, 0.1) is 0 Å². The van der Waals surface area contributed by atoms with E-state index in [1.54, 1.807) is 0 Å². The Labute approximate surface area is 119 Å². The molecule has 0 saturated heterocycles. The minimum absolute atomic E-state index is 0.562. The van der Waals surface area contributed by atoms with Crippen LogP contribution in [0.1, 0.15) is 24.8 Å². The van der Waals surface area contributed by atoms with Crippen LogP contribution in [0.5, 0.6) is 0 Å². The lowest BCUT2D eigenvalue weighted by molar-refractivity contribution is 0.706. The van der Waals surface area contributed by atoms with E-state index in [9.17, 15) is 0 Å². The third-order valence-electron chi connectivity index (χ3n) is 3.75. The van der Waals surface area contributed by atoms with Crippen LogP contribution in [-0.4, -0.2) is 16.7 Å². The van der Waals surface area contributed by atoms with Gasteiger partial charge in [-0.25, -0.2) is 0 Å². The molecular weight excluding hydrogens is 246 g/mol. The molecular formula is C17H19N3. The molecule has 0 aliphatic carbocycles. The standard InChI is InChI=1S/C17H19N3/c1-13(14-6-3-2-4-7-14)10-11-18-16-8-5-9-17-15(16)12-19-20-17/h2-9,12-13,18H,10-11H2,1H3,(H,19,20). The summed E-state index contributed by atoms with van der Waals surface area (Å²) in [4.78, 5) is 0. The van der Waals surface area contributed by atoms with Crippen molar-refractivity contribution in [3.8, 4) is 0 Å². The third kappa shape index (κ3) is 2.67. The predicted octanol–water partition coefficient (Wildman–Crippen LogP) is 4.17. The Morgan fingerprint density at radius 2 is 1.95 bits per heavy atom. The third-order valence-corrected chi connectivity index (χ3v) is 3.75. The molecule has 3 aromatic rings. The van der Waals surface area contributed by atoms with Gasteiger partial charge in [0, 0.05) is 17.6 Å². The molecule has 0 radical (unpaired) electrons. The van der Waals surface area contributed by atoms with Crippen LogP contribution >= 0.6 is 0 Å². The Kier molecular flexibility index (Phi) is 3.68. The highest BCUT2D eigenvalue weighted by Gasteiger charge is 2.06. The zero-order valence-corrected chi connectivity index (χ0v) is 11.6. The second-order valence-corrected chi connectivity index (χ2v) is 5.16. The summed E-state index contributed by atoms with van der Waals surface area (Å²) in [5.74, 6) is 0.562. The minimum Gasteiger partial charge on any atom is -0.384 e. The largest absolute Gasteiger partial charge is 0.384 e. The van der Waals surface area contributed by atoms with Crippen molar-refractivity contribution in [3.63, 3.8) is 0 Å². The lowest BCUT2D eigenvalue weighted by Gasteiger charge is -2.13. The van der Waals surface area contributed by atoms with Crippen LogP contribution in [0.25, 0.3) is 10.9 Å². The molecule has 102 valence electrons. The summed E-state index contributed by atoms with van der Waals surface area (Å²) >= 11 is 0. The maximum atomic E-state index is 4.09. The van der Waals surface area contributed by atoms with E-state index in [0.29, 0.717) is 5.92 Å². The van der Waals surface area contributed by atoms with Crippen molar-refractivity contribution in [1.82, 2.24) is 10.2 Å². The lowest BCUT2D eigenvalue weighted by atomic mass is 9.98. The molecule has 1 unspecified atom stereocenters. The van der Waals surface area contributed by atoms with E-state index in [-0.39, 0.29) is 0 Å². The number of hydrogen-bond donors (Lipinski definition) is 2. The van der Waals surface area contributed by atoms with E-state index in [1.165, 1.54) is 5.56 Å². The van der Waals surface area contributed by atoms with Gasteiger partial charge in [0.1, 0.15) is 0 Å². The van der Waals surface area contributed by atoms with Crippen LogP contribution in [0.3, 0.4) is 0 Å². The smallest absolute Gasteiger partial charge is 0.0671 e. The Bertz CT molecular complexity index is 673. The maximum Gasteiger partial charge on any atom is 0.0671 e. The summed E-state index contributed by atoms with van der Waals surface area (Å²) in [7, 11) is 0. The number of nitrogens with zero attached hydrogens (tertiary/aromatic N) is 1. The molecule has 3 nitrogen and oxygen atoms in total. The number of aromatic nitrogens is 2. The molecule has 0 aliphatic rings. The molecule has 3 heteroatoms. The Balaban J connectivity index is 1.61. The fourth-order valence-electron chi connectivity index (χ4n) is 2.49. The second kappa shape index (κ2) is 5.78. The first-order valence-corrected chi connectivity index (χ1v) is 7.05. The molecule has 0 fully saturated rings. The number of H-pyrrole nitrogens is 1. The minimum atomic E-state index is 0.562. The van der Waals surface area contributed by atoms with Gasteiger partial charge >= 0.3 is 0 Å². The fraction of sp³-hybridized carbons (Fsp3) is 0.235. The Hall–Kier alpha value is -2.29. The summed E-state index contributed by atoms with van der Waals surface area (Å²) in [5, 5.41) is 11.7. The number of fused-ring (bicyclic) bond motifs is 1.